The molecule has 5 nitrogen and oxygen atoms in total. The number of pyridine rings is 1. The van der Waals surface area contributed by atoms with Gasteiger partial charge in [-0.2, -0.15) is 4.39 Å². The Hall–Kier alpha value is -2.24. The SMILES string of the molecule is Cn1ccnc1CCNC(=O)c1ccnc(F)c1. The van der Waals surface area contributed by atoms with E-state index >= 15 is 0 Å². The molecule has 0 atom stereocenters. The predicted octanol–water partition coefficient (Wildman–Crippen LogP) is 0.927. The number of hydrogen-bond donors (Lipinski definition) is 1. The Morgan fingerprint density at radius 3 is 2.94 bits per heavy atom. The van der Waals surface area contributed by atoms with Crippen molar-refractivity contribution in [2.45, 2.75) is 6.42 Å². The van der Waals surface area contributed by atoms with E-state index in [1.807, 2.05) is 17.8 Å². The van der Waals surface area contributed by atoms with Crippen molar-refractivity contribution in [1.82, 2.24) is 19.9 Å². The van der Waals surface area contributed by atoms with Gasteiger partial charge in [0, 0.05) is 50.2 Å². The summed E-state index contributed by atoms with van der Waals surface area (Å²) in [4.78, 5) is 19.2. The molecule has 0 bridgehead atoms. The molecule has 0 saturated carbocycles. The van der Waals surface area contributed by atoms with E-state index in [9.17, 15) is 9.18 Å². The molecule has 6 heteroatoms. The van der Waals surface area contributed by atoms with Crippen LogP contribution in [0.5, 0.6) is 0 Å². The maximum absolute atomic E-state index is 12.8. The summed E-state index contributed by atoms with van der Waals surface area (Å²) in [6, 6.07) is 2.58. The first kappa shape index (κ1) is 12.2. The molecule has 94 valence electrons. The maximum atomic E-state index is 12.8. The van der Waals surface area contributed by atoms with Crippen LogP contribution in [0, 0.1) is 5.95 Å². The van der Waals surface area contributed by atoms with Gasteiger partial charge in [0.05, 0.1) is 0 Å². The first-order chi connectivity index (χ1) is 8.66. The third kappa shape index (κ3) is 2.91. The Bertz CT molecular complexity index is 553. The number of nitrogens with one attached hydrogen (secondary N) is 1. The Balaban J connectivity index is 1.87. The van der Waals surface area contributed by atoms with Gasteiger partial charge in [-0.1, -0.05) is 0 Å². The number of carbonyl (C=O) groups excluding carboxylic acids is 1. The summed E-state index contributed by atoms with van der Waals surface area (Å²) < 4.78 is 14.7. The van der Waals surface area contributed by atoms with E-state index in [1.54, 1.807) is 6.20 Å². The van der Waals surface area contributed by atoms with E-state index in [1.165, 1.54) is 12.3 Å². The van der Waals surface area contributed by atoms with Crippen LogP contribution in [0.1, 0.15) is 16.2 Å². The second kappa shape index (κ2) is 5.39. The lowest BCUT2D eigenvalue weighted by Gasteiger charge is -2.05. The minimum atomic E-state index is -0.660. The quantitative estimate of drug-likeness (QED) is 0.819. The predicted molar refractivity (Wildman–Crippen MR) is 63.4 cm³/mol. The van der Waals surface area contributed by atoms with Gasteiger partial charge >= 0.3 is 0 Å². The molecule has 0 aromatic carbocycles. The molecule has 2 rings (SSSR count). The summed E-state index contributed by atoms with van der Waals surface area (Å²) in [6.45, 7) is 0.452. The fourth-order valence-electron chi connectivity index (χ4n) is 1.57. The highest BCUT2D eigenvalue weighted by molar-refractivity contribution is 5.93. The number of aryl methyl sites for hydroxylation is 1. The Morgan fingerprint density at radius 2 is 2.28 bits per heavy atom. The van der Waals surface area contributed by atoms with Crippen molar-refractivity contribution in [3.63, 3.8) is 0 Å². The van der Waals surface area contributed by atoms with Crippen LogP contribution in [0.15, 0.2) is 30.7 Å². The zero-order valence-electron chi connectivity index (χ0n) is 9.93. The molecule has 0 spiro atoms. The maximum Gasteiger partial charge on any atom is 0.251 e. The van der Waals surface area contributed by atoms with Crippen LogP contribution in [-0.4, -0.2) is 27.0 Å². The van der Waals surface area contributed by atoms with Gasteiger partial charge < -0.3 is 9.88 Å². The monoisotopic (exact) mass is 248 g/mol. The lowest BCUT2D eigenvalue weighted by atomic mass is 10.2. The molecule has 1 N–H and O–H groups in total. The van der Waals surface area contributed by atoms with Crippen LogP contribution in [-0.2, 0) is 13.5 Å². The number of rotatable bonds is 4. The van der Waals surface area contributed by atoms with Crippen molar-refractivity contribution in [2.75, 3.05) is 6.54 Å². The van der Waals surface area contributed by atoms with Crippen LogP contribution in [0.4, 0.5) is 4.39 Å². The van der Waals surface area contributed by atoms with E-state index < -0.39 is 5.95 Å². The van der Waals surface area contributed by atoms with Gasteiger partial charge in [0.25, 0.3) is 5.91 Å². The first-order valence-electron chi connectivity index (χ1n) is 5.53. The number of carbonyl (C=O) groups is 1. The molecule has 0 unspecified atom stereocenters. The van der Waals surface area contributed by atoms with Crippen LogP contribution in [0.25, 0.3) is 0 Å². The number of amides is 1. The zero-order chi connectivity index (χ0) is 13.0. The van der Waals surface area contributed by atoms with E-state index in [0.717, 1.165) is 11.9 Å². The first-order valence-corrected chi connectivity index (χ1v) is 5.53. The molecule has 1 amide bonds. The molecule has 0 aliphatic carbocycles. The number of halogens is 1. The highest BCUT2D eigenvalue weighted by Gasteiger charge is 2.07. The standard InChI is InChI=1S/C12H13FN4O/c1-17-7-6-15-11(17)3-5-16-12(18)9-2-4-14-10(13)8-9/h2,4,6-8H,3,5H2,1H3,(H,16,18). The van der Waals surface area contributed by atoms with Crippen molar-refractivity contribution in [3.05, 3.63) is 48.1 Å². The molecule has 0 aliphatic rings. The topological polar surface area (TPSA) is 59.8 Å². The molecule has 0 aliphatic heterocycles. The summed E-state index contributed by atoms with van der Waals surface area (Å²) >= 11 is 0. The normalized spacial score (nSPS) is 10.3. The minimum absolute atomic E-state index is 0.266. The lowest BCUT2D eigenvalue weighted by molar-refractivity contribution is 0.0953. The van der Waals surface area contributed by atoms with Gasteiger partial charge in [-0.15, -0.1) is 0 Å². The third-order valence-electron chi connectivity index (χ3n) is 2.54. The molecule has 0 fully saturated rings. The Labute approximate surface area is 104 Å². The van der Waals surface area contributed by atoms with E-state index in [-0.39, 0.29) is 11.5 Å². The fraction of sp³-hybridized carbons (Fsp3) is 0.250. The number of imidazole rings is 1. The molecule has 2 aromatic rings. The van der Waals surface area contributed by atoms with Crippen molar-refractivity contribution in [3.8, 4) is 0 Å². The molecule has 2 aromatic heterocycles. The number of nitrogens with zero attached hydrogens (tertiary/aromatic N) is 3. The van der Waals surface area contributed by atoms with Crippen molar-refractivity contribution >= 4 is 5.91 Å². The van der Waals surface area contributed by atoms with Gasteiger partial charge in [-0.05, 0) is 6.07 Å². The average molecular weight is 248 g/mol. The molecular weight excluding hydrogens is 235 g/mol. The second-order valence-electron chi connectivity index (χ2n) is 3.83. The molecule has 2 heterocycles. The number of aromatic nitrogens is 3. The van der Waals surface area contributed by atoms with Crippen LogP contribution < -0.4 is 5.32 Å². The third-order valence-corrected chi connectivity index (χ3v) is 2.54. The summed E-state index contributed by atoms with van der Waals surface area (Å²) in [6.07, 6.45) is 5.44. The molecular formula is C12H13FN4O. The Kier molecular flexibility index (Phi) is 3.66. The smallest absolute Gasteiger partial charge is 0.251 e. The van der Waals surface area contributed by atoms with E-state index in [4.69, 9.17) is 0 Å². The summed E-state index contributed by atoms with van der Waals surface area (Å²) in [5.74, 6) is -0.0894. The average Bonchev–Trinajstić information content (AvgIpc) is 2.75. The molecule has 0 saturated heterocycles. The van der Waals surface area contributed by atoms with Crippen LogP contribution in [0.3, 0.4) is 0 Å². The Morgan fingerprint density at radius 1 is 1.44 bits per heavy atom. The van der Waals surface area contributed by atoms with Crippen molar-refractivity contribution in [1.29, 1.82) is 0 Å². The summed E-state index contributed by atoms with van der Waals surface area (Å²) in [7, 11) is 1.89. The molecule has 18 heavy (non-hydrogen) atoms. The largest absolute Gasteiger partial charge is 0.352 e. The zero-order valence-corrected chi connectivity index (χ0v) is 9.93. The van der Waals surface area contributed by atoms with Crippen molar-refractivity contribution in [2.24, 2.45) is 7.05 Å². The van der Waals surface area contributed by atoms with Crippen LogP contribution in [0.2, 0.25) is 0 Å². The highest BCUT2D eigenvalue weighted by Crippen LogP contribution is 2.00. The van der Waals surface area contributed by atoms with Gasteiger partial charge in [0.1, 0.15) is 5.82 Å². The van der Waals surface area contributed by atoms with Gasteiger partial charge in [0.2, 0.25) is 5.95 Å². The van der Waals surface area contributed by atoms with Gasteiger partial charge in [0.15, 0.2) is 0 Å². The lowest BCUT2D eigenvalue weighted by Crippen LogP contribution is -2.26. The van der Waals surface area contributed by atoms with Gasteiger partial charge in [-0.25, -0.2) is 9.97 Å². The fourth-order valence-corrected chi connectivity index (χ4v) is 1.57. The van der Waals surface area contributed by atoms with Crippen molar-refractivity contribution < 1.29 is 9.18 Å². The van der Waals surface area contributed by atoms with Crippen LogP contribution >= 0.6 is 0 Å². The second-order valence-corrected chi connectivity index (χ2v) is 3.83. The van der Waals surface area contributed by atoms with E-state index in [2.05, 4.69) is 15.3 Å². The molecule has 0 radical (unpaired) electrons. The highest BCUT2D eigenvalue weighted by atomic mass is 19.1. The summed E-state index contributed by atoms with van der Waals surface area (Å²) in [5.41, 5.74) is 0.266. The van der Waals surface area contributed by atoms with Gasteiger partial charge in [-0.3, -0.25) is 4.79 Å². The summed E-state index contributed by atoms with van der Waals surface area (Å²) in [5, 5.41) is 2.70. The minimum Gasteiger partial charge on any atom is -0.352 e. The van der Waals surface area contributed by atoms with E-state index in [0.29, 0.717) is 13.0 Å². The number of hydrogen-bond acceptors (Lipinski definition) is 3.